The summed E-state index contributed by atoms with van der Waals surface area (Å²) in [6.45, 7) is 0.0293. The van der Waals surface area contributed by atoms with Crippen molar-refractivity contribution in [3.8, 4) is 5.75 Å². The Balaban J connectivity index is 2.12. The van der Waals surface area contributed by atoms with Gasteiger partial charge in [0.2, 0.25) is 0 Å². The molecule has 0 radical (unpaired) electrons. The fraction of sp³-hybridized carbons (Fsp3) is 0.500. The number of aliphatic hydroxyl groups excluding tert-OH is 1. The predicted molar refractivity (Wildman–Crippen MR) is 62.9 cm³/mol. The van der Waals surface area contributed by atoms with Crippen LogP contribution in [0, 0.1) is 0 Å². The van der Waals surface area contributed by atoms with Crippen LogP contribution in [0.1, 0.15) is 31.2 Å². The van der Waals surface area contributed by atoms with E-state index in [0.29, 0.717) is 6.10 Å². The van der Waals surface area contributed by atoms with Crippen molar-refractivity contribution in [2.24, 2.45) is 0 Å². The Labute approximate surface area is 98.4 Å². The van der Waals surface area contributed by atoms with Gasteiger partial charge < -0.3 is 9.84 Å². The highest BCUT2D eigenvalue weighted by atomic mass is 79.9. The SMILES string of the molecule is OCc1cc(Br)ccc1OC1CCCC1. The van der Waals surface area contributed by atoms with Gasteiger partial charge >= 0.3 is 0 Å². The van der Waals surface area contributed by atoms with Crippen LogP contribution in [0.5, 0.6) is 5.75 Å². The molecule has 1 fully saturated rings. The van der Waals surface area contributed by atoms with Gasteiger partial charge in [-0.25, -0.2) is 0 Å². The molecule has 0 amide bonds. The highest BCUT2D eigenvalue weighted by molar-refractivity contribution is 9.10. The van der Waals surface area contributed by atoms with Crippen molar-refractivity contribution in [2.45, 2.75) is 38.4 Å². The van der Waals surface area contributed by atoms with E-state index in [0.717, 1.165) is 28.6 Å². The summed E-state index contributed by atoms with van der Waals surface area (Å²) in [5.74, 6) is 0.826. The van der Waals surface area contributed by atoms with Crippen LogP contribution in [0.4, 0.5) is 0 Å². The summed E-state index contributed by atoms with van der Waals surface area (Å²) in [7, 11) is 0. The first-order chi connectivity index (χ1) is 7.29. The van der Waals surface area contributed by atoms with Gasteiger partial charge in [-0.3, -0.25) is 0 Å². The maximum Gasteiger partial charge on any atom is 0.125 e. The van der Waals surface area contributed by atoms with E-state index in [9.17, 15) is 5.11 Å². The van der Waals surface area contributed by atoms with Gasteiger partial charge in [0.25, 0.3) is 0 Å². The smallest absolute Gasteiger partial charge is 0.125 e. The summed E-state index contributed by atoms with van der Waals surface area (Å²) in [6, 6.07) is 5.78. The lowest BCUT2D eigenvalue weighted by Gasteiger charge is -2.15. The Hall–Kier alpha value is -0.540. The minimum atomic E-state index is 0.0293. The third-order valence-electron chi connectivity index (χ3n) is 2.79. The molecule has 0 unspecified atom stereocenters. The van der Waals surface area contributed by atoms with Crippen LogP contribution >= 0.6 is 15.9 Å². The normalized spacial score (nSPS) is 16.9. The van der Waals surface area contributed by atoms with Gasteiger partial charge in [-0.05, 0) is 43.9 Å². The molecule has 1 aromatic rings. The molecule has 0 heterocycles. The molecule has 15 heavy (non-hydrogen) atoms. The van der Waals surface area contributed by atoms with E-state index in [-0.39, 0.29) is 6.61 Å². The molecular weight excluding hydrogens is 256 g/mol. The topological polar surface area (TPSA) is 29.5 Å². The maximum atomic E-state index is 9.22. The van der Waals surface area contributed by atoms with E-state index in [1.807, 2.05) is 18.2 Å². The van der Waals surface area contributed by atoms with Crippen molar-refractivity contribution < 1.29 is 9.84 Å². The first-order valence-electron chi connectivity index (χ1n) is 5.35. The Morgan fingerprint density at radius 3 is 2.73 bits per heavy atom. The molecule has 0 spiro atoms. The molecule has 0 bridgehead atoms. The van der Waals surface area contributed by atoms with Crippen LogP contribution in [0.2, 0.25) is 0 Å². The Morgan fingerprint density at radius 2 is 2.07 bits per heavy atom. The summed E-state index contributed by atoms with van der Waals surface area (Å²) < 4.78 is 6.85. The zero-order valence-corrected chi connectivity index (χ0v) is 10.2. The van der Waals surface area contributed by atoms with Crippen LogP contribution in [-0.4, -0.2) is 11.2 Å². The van der Waals surface area contributed by atoms with Gasteiger partial charge in [-0.2, -0.15) is 0 Å². The Morgan fingerprint density at radius 1 is 1.33 bits per heavy atom. The van der Waals surface area contributed by atoms with Gasteiger partial charge in [0.1, 0.15) is 5.75 Å². The lowest BCUT2D eigenvalue weighted by molar-refractivity contribution is 0.199. The molecule has 2 nitrogen and oxygen atoms in total. The number of hydrogen-bond acceptors (Lipinski definition) is 2. The molecule has 0 aliphatic heterocycles. The second-order valence-electron chi connectivity index (χ2n) is 3.93. The summed E-state index contributed by atoms with van der Waals surface area (Å²) in [5, 5.41) is 9.22. The fourth-order valence-electron chi connectivity index (χ4n) is 1.97. The molecule has 1 aromatic carbocycles. The zero-order valence-electron chi connectivity index (χ0n) is 8.58. The van der Waals surface area contributed by atoms with Gasteiger partial charge in [-0.1, -0.05) is 15.9 Å². The molecule has 0 atom stereocenters. The quantitative estimate of drug-likeness (QED) is 0.914. The monoisotopic (exact) mass is 270 g/mol. The first kappa shape index (κ1) is 11.0. The number of hydrogen-bond donors (Lipinski definition) is 1. The number of aliphatic hydroxyl groups is 1. The summed E-state index contributed by atoms with van der Waals surface area (Å²) in [6.07, 6.45) is 5.14. The van der Waals surface area contributed by atoms with Crippen molar-refractivity contribution in [2.75, 3.05) is 0 Å². The van der Waals surface area contributed by atoms with E-state index in [2.05, 4.69) is 15.9 Å². The van der Waals surface area contributed by atoms with E-state index in [4.69, 9.17) is 4.74 Å². The fourth-order valence-corrected chi connectivity index (χ4v) is 2.38. The van der Waals surface area contributed by atoms with Crippen LogP contribution in [0.15, 0.2) is 22.7 Å². The zero-order chi connectivity index (χ0) is 10.7. The second-order valence-corrected chi connectivity index (χ2v) is 4.85. The Bertz CT molecular complexity index is 332. The molecule has 1 aliphatic carbocycles. The third-order valence-corrected chi connectivity index (χ3v) is 3.28. The van der Waals surface area contributed by atoms with Crippen LogP contribution < -0.4 is 4.74 Å². The average molecular weight is 271 g/mol. The van der Waals surface area contributed by atoms with Gasteiger partial charge in [0.05, 0.1) is 12.7 Å². The molecule has 1 aliphatic rings. The lowest BCUT2D eigenvalue weighted by atomic mass is 10.2. The molecule has 82 valence electrons. The van der Waals surface area contributed by atoms with E-state index in [1.165, 1.54) is 12.8 Å². The molecule has 0 saturated heterocycles. The van der Waals surface area contributed by atoms with E-state index in [1.54, 1.807) is 0 Å². The van der Waals surface area contributed by atoms with Crippen LogP contribution in [-0.2, 0) is 6.61 Å². The lowest BCUT2D eigenvalue weighted by Crippen LogP contribution is -2.12. The highest BCUT2D eigenvalue weighted by Gasteiger charge is 2.17. The number of rotatable bonds is 3. The van der Waals surface area contributed by atoms with Gasteiger partial charge in [0.15, 0.2) is 0 Å². The average Bonchev–Trinajstić information content (AvgIpc) is 2.73. The number of ether oxygens (including phenoxy) is 1. The minimum absolute atomic E-state index is 0.0293. The summed E-state index contributed by atoms with van der Waals surface area (Å²) in [4.78, 5) is 0. The molecule has 2 rings (SSSR count). The Kier molecular flexibility index (Phi) is 3.65. The molecule has 1 N–H and O–H groups in total. The van der Waals surface area contributed by atoms with Crippen molar-refractivity contribution in [3.05, 3.63) is 28.2 Å². The third kappa shape index (κ3) is 2.73. The van der Waals surface area contributed by atoms with E-state index < -0.39 is 0 Å². The number of benzene rings is 1. The van der Waals surface area contributed by atoms with Gasteiger partial charge in [-0.15, -0.1) is 0 Å². The standard InChI is InChI=1S/C12H15BrO2/c13-10-5-6-12(9(7-10)8-14)15-11-3-1-2-4-11/h5-7,11,14H,1-4,8H2. The van der Waals surface area contributed by atoms with Crippen molar-refractivity contribution in [3.63, 3.8) is 0 Å². The van der Waals surface area contributed by atoms with Crippen LogP contribution in [0.25, 0.3) is 0 Å². The van der Waals surface area contributed by atoms with Crippen molar-refractivity contribution in [1.29, 1.82) is 0 Å². The molecular formula is C12H15BrO2. The van der Waals surface area contributed by atoms with Crippen molar-refractivity contribution in [1.82, 2.24) is 0 Å². The first-order valence-corrected chi connectivity index (χ1v) is 6.15. The summed E-state index contributed by atoms with van der Waals surface area (Å²) in [5.41, 5.74) is 0.858. The predicted octanol–water partition coefficient (Wildman–Crippen LogP) is 3.26. The second kappa shape index (κ2) is 4.99. The molecule has 1 saturated carbocycles. The molecule has 3 heteroatoms. The van der Waals surface area contributed by atoms with Crippen molar-refractivity contribution >= 4 is 15.9 Å². The minimum Gasteiger partial charge on any atom is -0.490 e. The maximum absolute atomic E-state index is 9.22. The number of halogens is 1. The highest BCUT2D eigenvalue weighted by Crippen LogP contribution is 2.28. The van der Waals surface area contributed by atoms with Crippen LogP contribution in [0.3, 0.4) is 0 Å². The summed E-state index contributed by atoms with van der Waals surface area (Å²) >= 11 is 3.38. The van der Waals surface area contributed by atoms with E-state index >= 15 is 0 Å². The molecule has 0 aromatic heterocycles. The van der Waals surface area contributed by atoms with Gasteiger partial charge in [0, 0.05) is 10.0 Å². The largest absolute Gasteiger partial charge is 0.490 e.